The average Bonchev–Trinajstić information content (AvgIpc) is 3.58. The van der Waals surface area contributed by atoms with E-state index < -0.39 is 0 Å². The average molecular weight is 570 g/mol. The van der Waals surface area contributed by atoms with E-state index in [4.69, 9.17) is 18.9 Å². The second-order valence-electron chi connectivity index (χ2n) is 11.3. The van der Waals surface area contributed by atoms with Crippen LogP contribution in [0, 0.1) is 19.7 Å². The van der Waals surface area contributed by atoms with Crippen molar-refractivity contribution >= 4 is 0 Å². The van der Waals surface area contributed by atoms with Crippen LogP contribution in [0.2, 0.25) is 0 Å². The molecule has 2 aliphatic rings. The summed E-state index contributed by atoms with van der Waals surface area (Å²) in [7, 11) is 3.43. The summed E-state index contributed by atoms with van der Waals surface area (Å²) < 4.78 is 40.5. The number of ether oxygens (including phenoxy) is 4. The van der Waals surface area contributed by atoms with Gasteiger partial charge in [-0.15, -0.1) is 0 Å². The van der Waals surface area contributed by atoms with Gasteiger partial charge in [-0.3, -0.25) is 4.79 Å². The predicted molar refractivity (Wildman–Crippen MR) is 160 cm³/mol. The molecule has 3 aromatic carbocycles. The minimum atomic E-state index is -0.370. The van der Waals surface area contributed by atoms with Crippen LogP contribution in [0.1, 0.15) is 58.2 Å². The molecule has 6 rings (SSSR count). The SMILES string of the molecule is COCCC1COc2cc(OC3CCc4c(-c5c(C)cc(OCc6ccn(C)c(=O)c6)cc5C)ccc(F)c43)ccc21. The lowest BCUT2D eigenvalue weighted by Gasteiger charge is -2.19. The number of aromatic nitrogens is 1. The number of nitrogens with zero attached hydrogens (tertiary/aromatic N) is 1. The molecule has 1 aromatic heterocycles. The maximum Gasteiger partial charge on any atom is 0.250 e. The standard InChI is InChI=1S/C35H36FNO5/c1-21-15-26(40-19-23-11-13-37(3)33(38)17-23)16-22(2)34(21)28-7-9-30(36)35-29(28)8-10-31(35)42-25-5-6-27-24(12-14-39-4)20-41-32(27)18-25/h5-7,9,11,13,15-18,24,31H,8,10,12,14,19-20H2,1-4H3. The molecule has 2 unspecified atom stereocenters. The third-order valence-corrected chi connectivity index (χ3v) is 8.45. The fourth-order valence-electron chi connectivity index (χ4n) is 6.30. The van der Waals surface area contributed by atoms with Crippen LogP contribution in [0.3, 0.4) is 0 Å². The molecule has 2 atom stereocenters. The lowest BCUT2D eigenvalue weighted by Crippen LogP contribution is -2.15. The van der Waals surface area contributed by atoms with Gasteiger partial charge in [0, 0.05) is 56.1 Å². The van der Waals surface area contributed by atoms with Gasteiger partial charge in [0.05, 0.1) is 6.61 Å². The Kier molecular flexibility index (Phi) is 7.78. The zero-order chi connectivity index (χ0) is 29.4. The molecule has 0 saturated carbocycles. The topological polar surface area (TPSA) is 58.9 Å². The Balaban J connectivity index is 1.23. The first-order valence-corrected chi connectivity index (χ1v) is 14.5. The fraction of sp³-hybridized carbons (Fsp3) is 0.343. The Hall–Kier alpha value is -4.10. The molecule has 6 nitrogen and oxygen atoms in total. The Bertz CT molecular complexity index is 1670. The van der Waals surface area contributed by atoms with Crippen molar-refractivity contribution in [2.75, 3.05) is 20.3 Å². The van der Waals surface area contributed by atoms with Crippen LogP contribution in [0.25, 0.3) is 11.1 Å². The smallest absolute Gasteiger partial charge is 0.250 e. The zero-order valence-electron chi connectivity index (χ0n) is 24.5. The summed E-state index contributed by atoms with van der Waals surface area (Å²) in [5, 5.41) is 0. The summed E-state index contributed by atoms with van der Waals surface area (Å²) in [6, 6.07) is 16.9. The quantitative estimate of drug-likeness (QED) is 0.218. The lowest BCUT2D eigenvalue weighted by molar-refractivity contribution is 0.181. The van der Waals surface area contributed by atoms with Crippen molar-refractivity contribution in [1.29, 1.82) is 0 Å². The molecule has 0 fully saturated rings. The summed E-state index contributed by atoms with van der Waals surface area (Å²) in [6.07, 6.45) is 3.71. The van der Waals surface area contributed by atoms with Crippen LogP contribution < -0.4 is 19.8 Å². The van der Waals surface area contributed by atoms with E-state index in [0.717, 1.165) is 57.7 Å². The van der Waals surface area contributed by atoms with Crippen LogP contribution in [0.5, 0.6) is 17.2 Å². The van der Waals surface area contributed by atoms with Crippen molar-refractivity contribution in [3.05, 3.63) is 110 Å². The van der Waals surface area contributed by atoms with Crippen molar-refractivity contribution in [2.24, 2.45) is 7.05 Å². The van der Waals surface area contributed by atoms with Gasteiger partial charge >= 0.3 is 0 Å². The summed E-state index contributed by atoms with van der Waals surface area (Å²) in [6.45, 7) is 5.74. The molecule has 1 aliphatic heterocycles. The molecule has 0 spiro atoms. The van der Waals surface area contributed by atoms with E-state index in [9.17, 15) is 4.79 Å². The van der Waals surface area contributed by atoms with Gasteiger partial charge in [0.25, 0.3) is 5.56 Å². The minimum Gasteiger partial charge on any atom is -0.493 e. The highest BCUT2D eigenvalue weighted by Gasteiger charge is 2.32. The number of methoxy groups -OCH3 is 1. The number of hydrogen-bond acceptors (Lipinski definition) is 5. The molecule has 2 heterocycles. The normalized spacial score (nSPS) is 17.1. The van der Waals surface area contributed by atoms with Crippen LogP contribution in [0.4, 0.5) is 4.39 Å². The monoisotopic (exact) mass is 569 g/mol. The summed E-state index contributed by atoms with van der Waals surface area (Å²) >= 11 is 0. The molecule has 0 bridgehead atoms. The number of halogens is 1. The van der Waals surface area contributed by atoms with E-state index in [1.165, 1.54) is 10.1 Å². The molecule has 0 radical (unpaired) electrons. The highest BCUT2D eigenvalue weighted by Crippen LogP contribution is 2.45. The minimum absolute atomic E-state index is 0.0673. The van der Waals surface area contributed by atoms with E-state index in [1.54, 1.807) is 32.5 Å². The number of hydrogen-bond donors (Lipinski definition) is 0. The molecule has 4 aromatic rings. The van der Waals surface area contributed by atoms with E-state index in [2.05, 4.69) is 19.9 Å². The lowest BCUT2D eigenvalue weighted by atomic mass is 9.90. The molecular weight excluding hydrogens is 533 g/mol. The third kappa shape index (κ3) is 5.41. The van der Waals surface area contributed by atoms with Crippen LogP contribution in [-0.4, -0.2) is 24.9 Å². The molecule has 218 valence electrons. The van der Waals surface area contributed by atoms with Gasteiger partial charge < -0.3 is 23.5 Å². The van der Waals surface area contributed by atoms with Gasteiger partial charge in [0.15, 0.2) is 0 Å². The van der Waals surface area contributed by atoms with Crippen molar-refractivity contribution in [3.63, 3.8) is 0 Å². The first-order chi connectivity index (χ1) is 20.3. The van der Waals surface area contributed by atoms with Gasteiger partial charge in [-0.05, 0) is 96.8 Å². The largest absolute Gasteiger partial charge is 0.493 e. The molecule has 0 amide bonds. The van der Waals surface area contributed by atoms with E-state index >= 15 is 4.39 Å². The summed E-state index contributed by atoms with van der Waals surface area (Å²) in [5.41, 5.74) is 7.77. The van der Waals surface area contributed by atoms with Gasteiger partial charge in [0.2, 0.25) is 0 Å². The Morgan fingerprint density at radius 3 is 2.60 bits per heavy atom. The van der Waals surface area contributed by atoms with E-state index in [1.807, 2.05) is 36.4 Å². The third-order valence-electron chi connectivity index (χ3n) is 8.45. The maximum atomic E-state index is 15.3. The molecule has 0 N–H and O–H groups in total. The van der Waals surface area contributed by atoms with Crippen molar-refractivity contribution in [2.45, 2.75) is 51.7 Å². The van der Waals surface area contributed by atoms with Crippen LogP contribution in [-0.2, 0) is 24.8 Å². The number of rotatable bonds is 9. The number of benzene rings is 3. The predicted octanol–water partition coefficient (Wildman–Crippen LogP) is 6.97. The molecule has 0 saturated heterocycles. The second kappa shape index (κ2) is 11.6. The van der Waals surface area contributed by atoms with Gasteiger partial charge in [0.1, 0.15) is 35.8 Å². The van der Waals surface area contributed by atoms with Gasteiger partial charge in [-0.25, -0.2) is 4.39 Å². The summed E-state index contributed by atoms with van der Waals surface area (Å²) in [5.74, 6) is 2.34. The van der Waals surface area contributed by atoms with Crippen LogP contribution >= 0.6 is 0 Å². The number of aryl methyl sites for hydroxylation is 3. The van der Waals surface area contributed by atoms with Crippen molar-refractivity contribution < 1.29 is 23.3 Å². The van der Waals surface area contributed by atoms with Gasteiger partial charge in [-0.1, -0.05) is 12.1 Å². The van der Waals surface area contributed by atoms with Crippen molar-refractivity contribution in [1.82, 2.24) is 4.57 Å². The highest BCUT2D eigenvalue weighted by atomic mass is 19.1. The molecule has 42 heavy (non-hydrogen) atoms. The van der Waals surface area contributed by atoms with E-state index in [0.29, 0.717) is 43.5 Å². The Labute approximate surface area is 245 Å². The Morgan fingerprint density at radius 1 is 1.02 bits per heavy atom. The fourth-order valence-corrected chi connectivity index (χ4v) is 6.30. The summed E-state index contributed by atoms with van der Waals surface area (Å²) in [4.78, 5) is 12.0. The Morgan fingerprint density at radius 2 is 1.83 bits per heavy atom. The number of pyridine rings is 1. The maximum absolute atomic E-state index is 15.3. The molecule has 7 heteroatoms. The molecule has 1 aliphatic carbocycles. The van der Waals surface area contributed by atoms with Gasteiger partial charge in [-0.2, -0.15) is 0 Å². The second-order valence-corrected chi connectivity index (χ2v) is 11.3. The highest BCUT2D eigenvalue weighted by molar-refractivity contribution is 5.76. The number of fused-ring (bicyclic) bond motifs is 2. The zero-order valence-corrected chi connectivity index (χ0v) is 24.5. The van der Waals surface area contributed by atoms with E-state index in [-0.39, 0.29) is 17.5 Å². The van der Waals surface area contributed by atoms with Crippen molar-refractivity contribution in [3.8, 4) is 28.4 Å². The first kappa shape index (κ1) is 28.0. The molecular formula is C35H36FNO5. The first-order valence-electron chi connectivity index (χ1n) is 14.5. The van der Waals surface area contributed by atoms with Crippen LogP contribution in [0.15, 0.2) is 65.6 Å².